The number of nitrogens with zero attached hydrogens (tertiary/aromatic N) is 2. The van der Waals surface area contributed by atoms with Crippen LogP contribution in [-0.2, 0) is 15.1 Å². The van der Waals surface area contributed by atoms with Crippen LogP contribution in [-0.4, -0.2) is 23.4 Å². The Balaban J connectivity index is 1.49. The van der Waals surface area contributed by atoms with Gasteiger partial charge in [-0.1, -0.05) is 66.7 Å². The fraction of sp³-hybridized carbons (Fsp3) is 0.360. The van der Waals surface area contributed by atoms with Crippen molar-refractivity contribution < 1.29 is 14.3 Å². The van der Waals surface area contributed by atoms with Crippen LogP contribution in [0.1, 0.15) is 62.6 Å². The maximum atomic E-state index is 13.1. The van der Waals surface area contributed by atoms with E-state index in [0.29, 0.717) is 25.3 Å². The summed E-state index contributed by atoms with van der Waals surface area (Å²) in [5, 5.41) is 4.06. The molecule has 31 heavy (non-hydrogen) atoms. The van der Waals surface area contributed by atoms with Crippen LogP contribution >= 0.6 is 0 Å². The van der Waals surface area contributed by atoms with Crippen molar-refractivity contribution in [3.63, 3.8) is 0 Å². The SMILES string of the molecule is C=C(C)C[C@]1(c2ccccc2)CCN([C@@H](C)c2ccc(C3NN=C(C)O3)cc2)C(=O)O1. The Hall–Kier alpha value is -3.28. The maximum absolute atomic E-state index is 13.1. The molecule has 1 N–H and O–H groups in total. The highest BCUT2D eigenvalue weighted by Crippen LogP contribution is 2.41. The molecule has 0 bridgehead atoms. The summed E-state index contributed by atoms with van der Waals surface area (Å²) in [4.78, 5) is 14.9. The summed E-state index contributed by atoms with van der Waals surface area (Å²) >= 11 is 0. The number of nitrogens with one attached hydrogen (secondary N) is 1. The molecule has 2 aromatic carbocycles. The van der Waals surface area contributed by atoms with Crippen LogP contribution in [0.3, 0.4) is 0 Å². The number of hydrazone groups is 1. The maximum Gasteiger partial charge on any atom is 0.411 e. The van der Waals surface area contributed by atoms with Crippen LogP contribution < -0.4 is 5.43 Å². The number of carbonyl (C=O) groups excluding carboxylic acids is 1. The number of cyclic esters (lactones) is 1. The molecule has 0 aliphatic carbocycles. The Kier molecular flexibility index (Phi) is 5.72. The van der Waals surface area contributed by atoms with Gasteiger partial charge in [0.1, 0.15) is 5.60 Å². The van der Waals surface area contributed by atoms with Crippen molar-refractivity contribution in [1.82, 2.24) is 10.3 Å². The predicted octanol–water partition coefficient (Wildman–Crippen LogP) is 5.40. The Bertz CT molecular complexity index is 987. The summed E-state index contributed by atoms with van der Waals surface area (Å²) in [6.07, 6.45) is 0.778. The summed E-state index contributed by atoms with van der Waals surface area (Å²) in [5.74, 6) is 0.621. The molecule has 4 rings (SSSR count). The summed E-state index contributed by atoms with van der Waals surface area (Å²) < 4.78 is 11.7. The monoisotopic (exact) mass is 419 g/mol. The lowest BCUT2D eigenvalue weighted by Crippen LogP contribution is -2.48. The van der Waals surface area contributed by atoms with Gasteiger partial charge >= 0.3 is 6.09 Å². The largest absolute Gasteiger partial charge is 0.451 e. The van der Waals surface area contributed by atoms with Gasteiger partial charge in [0, 0.05) is 31.9 Å². The second-order valence-corrected chi connectivity index (χ2v) is 8.41. The van der Waals surface area contributed by atoms with Gasteiger partial charge in [0.2, 0.25) is 12.1 Å². The van der Waals surface area contributed by atoms with Crippen molar-refractivity contribution in [1.29, 1.82) is 0 Å². The van der Waals surface area contributed by atoms with E-state index in [9.17, 15) is 4.79 Å². The molecule has 0 radical (unpaired) electrons. The van der Waals surface area contributed by atoms with E-state index < -0.39 is 5.60 Å². The minimum absolute atomic E-state index is 0.101. The molecule has 0 saturated carbocycles. The summed E-state index contributed by atoms with van der Waals surface area (Å²) in [7, 11) is 0. The van der Waals surface area contributed by atoms with E-state index in [1.54, 1.807) is 4.90 Å². The molecule has 1 amide bonds. The molecular weight excluding hydrogens is 390 g/mol. The minimum atomic E-state index is -0.659. The van der Waals surface area contributed by atoms with Gasteiger partial charge in [-0.3, -0.25) is 5.43 Å². The number of benzene rings is 2. The number of ether oxygens (including phenoxy) is 2. The van der Waals surface area contributed by atoms with Crippen LogP contribution in [0.15, 0.2) is 71.9 Å². The predicted molar refractivity (Wildman–Crippen MR) is 120 cm³/mol. The molecule has 2 aliphatic rings. The van der Waals surface area contributed by atoms with Crippen molar-refractivity contribution in [3.05, 3.63) is 83.4 Å². The van der Waals surface area contributed by atoms with Crippen molar-refractivity contribution in [3.8, 4) is 0 Å². The average Bonchev–Trinajstić information content (AvgIpc) is 3.20. The smallest absolute Gasteiger partial charge is 0.411 e. The summed E-state index contributed by atoms with van der Waals surface area (Å²) in [6.45, 7) is 10.5. The Labute approximate surface area is 183 Å². The molecule has 162 valence electrons. The van der Waals surface area contributed by atoms with Crippen molar-refractivity contribution in [2.45, 2.75) is 51.5 Å². The van der Waals surface area contributed by atoms with E-state index in [4.69, 9.17) is 9.47 Å². The zero-order chi connectivity index (χ0) is 22.0. The highest BCUT2D eigenvalue weighted by Gasteiger charge is 2.43. The van der Waals surface area contributed by atoms with E-state index in [0.717, 1.165) is 22.3 Å². The highest BCUT2D eigenvalue weighted by atomic mass is 16.6. The quantitative estimate of drug-likeness (QED) is 0.637. The van der Waals surface area contributed by atoms with Gasteiger partial charge in [-0.05, 0) is 25.0 Å². The normalized spacial score (nSPS) is 24.0. The van der Waals surface area contributed by atoms with Crippen molar-refractivity contribution >= 4 is 12.0 Å². The molecule has 1 unspecified atom stereocenters. The Morgan fingerprint density at radius 3 is 2.55 bits per heavy atom. The lowest BCUT2D eigenvalue weighted by atomic mass is 9.83. The minimum Gasteiger partial charge on any atom is -0.451 e. The van der Waals surface area contributed by atoms with Gasteiger partial charge in [-0.25, -0.2) is 4.79 Å². The van der Waals surface area contributed by atoms with E-state index in [1.165, 1.54) is 0 Å². The number of amides is 1. The molecule has 2 aromatic rings. The van der Waals surface area contributed by atoms with Crippen LogP contribution in [0, 0.1) is 0 Å². The zero-order valence-corrected chi connectivity index (χ0v) is 18.3. The molecule has 1 fully saturated rings. The first-order chi connectivity index (χ1) is 14.9. The van der Waals surface area contributed by atoms with E-state index >= 15 is 0 Å². The van der Waals surface area contributed by atoms with Gasteiger partial charge in [-0.2, -0.15) is 0 Å². The molecule has 0 aromatic heterocycles. The molecule has 2 heterocycles. The molecular formula is C25H29N3O3. The van der Waals surface area contributed by atoms with Gasteiger partial charge in [0.15, 0.2) is 0 Å². The zero-order valence-electron chi connectivity index (χ0n) is 18.3. The highest BCUT2D eigenvalue weighted by molar-refractivity contribution is 5.74. The van der Waals surface area contributed by atoms with E-state index in [2.05, 4.69) is 17.1 Å². The topological polar surface area (TPSA) is 63.2 Å². The number of rotatable bonds is 6. The Morgan fingerprint density at radius 1 is 1.26 bits per heavy atom. The molecule has 3 atom stereocenters. The fourth-order valence-electron chi connectivity index (χ4n) is 4.32. The van der Waals surface area contributed by atoms with Gasteiger partial charge in [0.05, 0.1) is 6.04 Å². The van der Waals surface area contributed by atoms with E-state index in [1.807, 2.05) is 75.4 Å². The van der Waals surface area contributed by atoms with Crippen LogP contribution in [0.4, 0.5) is 4.79 Å². The standard InChI is InChI=1S/C25H29N3O3/c1-17(2)16-25(22-8-6-5-7-9-22)14-15-28(24(29)31-25)18(3)20-10-12-21(13-11-20)23-27-26-19(4)30-23/h5-13,18,23,27H,1,14-16H2,2-4H3/t18-,23?,25-/m0/s1. The lowest BCUT2D eigenvalue weighted by Gasteiger charge is -2.43. The second-order valence-electron chi connectivity index (χ2n) is 8.41. The van der Waals surface area contributed by atoms with Gasteiger partial charge in [-0.15, -0.1) is 5.10 Å². The van der Waals surface area contributed by atoms with Crippen molar-refractivity contribution in [2.24, 2.45) is 5.10 Å². The average molecular weight is 420 g/mol. The molecule has 1 saturated heterocycles. The molecule has 6 nitrogen and oxygen atoms in total. The number of hydrogen-bond acceptors (Lipinski definition) is 5. The molecule has 6 heteroatoms. The molecule has 2 aliphatic heterocycles. The summed E-state index contributed by atoms with van der Waals surface area (Å²) in [5.41, 5.74) is 6.34. The third-order valence-corrected chi connectivity index (χ3v) is 5.98. The molecule has 0 spiro atoms. The first kappa shape index (κ1) is 21.0. The first-order valence-corrected chi connectivity index (χ1v) is 10.6. The third kappa shape index (κ3) is 4.29. The van der Waals surface area contributed by atoms with Gasteiger partial charge in [0.25, 0.3) is 0 Å². The van der Waals surface area contributed by atoms with Gasteiger partial charge < -0.3 is 14.4 Å². The number of carbonyl (C=O) groups is 1. The van der Waals surface area contributed by atoms with Crippen LogP contribution in [0.5, 0.6) is 0 Å². The van der Waals surface area contributed by atoms with Crippen molar-refractivity contribution in [2.75, 3.05) is 6.54 Å². The first-order valence-electron chi connectivity index (χ1n) is 10.6. The van der Waals surface area contributed by atoms with E-state index in [-0.39, 0.29) is 18.4 Å². The summed E-state index contributed by atoms with van der Waals surface area (Å²) in [6, 6.07) is 17.9. The Morgan fingerprint density at radius 2 is 1.97 bits per heavy atom. The third-order valence-electron chi connectivity index (χ3n) is 5.98. The van der Waals surface area contributed by atoms with Crippen LogP contribution in [0.2, 0.25) is 0 Å². The lowest BCUT2D eigenvalue weighted by molar-refractivity contribution is -0.0602. The second kappa shape index (κ2) is 8.46. The number of hydrogen-bond donors (Lipinski definition) is 1. The fourth-order valence-corrected chi connectivity index (χ4v) is 4.32. The van der Waals surface area contributed by atoms with Crippen LogP contribution in [0.25, 0.3) is 0 Å².